The van der Waals surface area contributed by atoms with Crippen molar-refractivity contribution < 1.29 is 14.3 Å². The summed E-state index contributed by atoms with van der Waals surface area (Å²) in [5.41, 5.74) is 5.09. The molecule has 2 aromatic rings. The molecule has 0 atom stereocenters. The molecular weight excluding hydrogens is 470 g/mol. The number of esters is 1. The number of thiocarbonyl (C=S) groups is 1. The van der Waals surface area contributed by atoms with Crippen LogP contribution in [0.3, 0.4) is 0 Å². The minimum absolute atomic E-state index is 0.0512. The number of hydrogen-bond donors (Lipinski definition) is 0. The number of rotatable bonds is 2. The first kappa shape index (κ1) is 23.8. The number of methoxy groups -OCH3 is 1. The third-order valence-corrected chi connectivity index (χ3v) is 9.13. The number of ether oxygens (including phenoxy) is 1. The molecule has 170 valence electrons. The van der Waals surface area contributed by atoms with Crippen molar-refractivity contribution in [2.75, 3.05) is 12.0 Å². The summed E-state index contributed by atoms with van der Waals surface area (Å²) in [6.45, 7) is 9.61. The molecule has 0 saturated carbocycles. The quantitative estimate of drug-likeness (QED) is 0.269. The van der Waals surface area contributed by atoms with E-state index < -0.39 is 5.54 Å². The Morgan fingerprint density at radius 2 is 1.73 bits per heavy atom. The first-order valence-corrected chi connectivity index (χ1v) is 12.6. The monoisotopic (exact) mass is 495 g/mol. The predicted molar refractivity (Wildman–Crippen MR) is 143 cm³/mol. The van der Waals surface area contributed by atoms with Gasteiger partial charge in [0, 0.05) is 23.0 Å². The Hall–Kier alpha value is -2.35. The van der Waals surface area contributed by atoms with E-state index in [0.29, 0.717) is 9.77 Å². The summed E-state index contributed by atoms with van der Waals surface area (Å²) >= 11 is 8.97. The molecule has 2 aliphatic heterocycles. The first-order chi connectivity index (χ1) is 15.6. The lowest BCUT2D eigenvalue weighted by molar-refractivity contribution is -0.135. The molecule has 0 radical (unpaired) electrons. The Labute approximate surface area is 208 Å². The smallest absolute Gasteiger partial charge is 0.345 e. The van der Waals surface area contributed by atoms with Gasteiger partial charge in [0.1, 0.15) is 4.91 Å². The van der Waals surface area contributed by atoms with Crippen LogP contribution in [0.4, 0.5) is 5.69 Å². The molecule has 0 fully saturated rings. The van der Waals surface area contributed by atoms with E-state index in [1.165, 1.54) is 18.9 Å². The number of hydrogen-bond acceptors (Lipinski definition) is 6. The van der Waals surface area contributed by atoms with Gasteiger partial charge in [0.2, 0.25) is 5.91 Å². The number of carbonyl (C=O) groups excluding carboxylic acids is 2. The van der Waals surface area contributed by atoms with Crippen molar-refractivity contribution in [1.82, 2.24) is 0 Å². The zero-order chi connectivity index (χ0) is 24.1. The zero-order valence-corrected chi connectivity index (χ0v) is 21.9. The molecule has 0 spiro atoms. The summed E-state index contributed by atoms with van der Waals surface area (Å²) in [6.07, 6.45) is 0. The molecule has 0 saturated heterocycles. The number of nitrogens with zero attached hydrogens (tertiary/aromatic N) is 1. The third kappa shape index (κ3) is 3.96. The number of anilines is 1. The Morgan fingerprint density at radius 3 is 2.33 bits per heavy atom. The molecule has 0 N–H and O–H groups in total. The van der Waals surface area contributed by atoms with E-state index >= 15 is 0 Å². The second kappa shape index (κ2) is 8.78. The summed E-state index contributed by atoms with van der Waals surface area (Å²) in [5, 5.41) is 0. The van der Waals surface area contributed by atoms with Gasteiger partial charge in [0.05, 0.1) is 27.4 Å². The lowest BCUT2D eigenvalue weighted by Crippen LogP contribution is -2.55. The fourth-order valence-corrected chi connectivity index (χ4v) is 7.57. The van der Waals surface area contributed by atoms with Gasteiger partial charge in [-0.25, -0.2) is 4.79 Å². The summed E-state index contributed by atoms with van der Waals surface area (Å²) < 4.78 is 6.04. The molecule has 2 heterocycles. The number of benzene rings is 2. The van der Waals surface area contributed by atoms with E-state index in [-0.39, 0.29) is 11.9 Å². The predicted octanol–water partition coefficient (Wildman–Crippen LogP) is 6.51. The van der Waals surface area contributed by atoms with E-state index in [1.807, 2.05) is 58.0 Å². The Kier molecular flexibility index (Phi) is 6.33. The van der Waals surface area contributed by atoms with Gasteiger partial charge >= 0.3 is 5.97 Å². The Balaban J connectivity index is 1.98. The van der Waals surface area contributed by atoms with Crippen molar-refractivity contribution in [3.8, 4) is 0 Å². The van der Waals surface area contributed by atoms with Crippen molar-refractivity contribution in [2.24, 2.45) is 0 Å². The highest BCUT2D eigenvalue weighted by Gasteiger charge is 2.45. The van der Waals surface area contributed by atoms with Gasteiger partial charge in [0.25, 0.3) is 0 Å². The highest BCUT2D eigenvalue weighted by atomic mass is 32.2. The van der Waals surface area contributed by atoms with Gasteiger partial charge in [-0.05, 0) is 44.9 Å². The Morgan fingerprint density at radius 1 is 1.06 bits per heavy atom. The molecule has 2 aromatic carbocycles. The van der Waals surface area contributed by atoms with Crippen LogP contribution in [-0.2, 0) is 14.3 Å². The minimum Gasteiger partial charge on any atom is -0.465 e. The van der Waals surface area contributed by atoms with Crippen LogP contribution in [0.5, 0.6) is 0 Å². The van der Waals surface area contributed by atoms with E-state index in [4.69, 9.17) is 17.0 Å². The molecule has 2 aliphatic rings. The number of amides is 1. The molecule has 33 heavy (non-hydrogen) atoms. The van der Waals surface area contributed by atoms with Gasteiger partial charge in [-0.2, -0.15) is 0 Å². The normalized spacial score (nSPS) is 19.6. The molecule has 7 heteroatoms. The first-order valence-electron chi connectivity index (χ1n) is 10.5. The largest absolute Gasteiger partial charge is 0.465 e. The third-order valence-electron chi connectivity index (χ3n) is 5.80. The molecule has 0 bridgehead atoms. The lowest BCUT2D eigenvalue weighted by atomic mass is 9.81. The number of thioether (sulfide) groups is 2. The van der Waals surface area contributed by atoms with Crippen molar-refractivity contribution in [3.63, 3.8) is 0 Å². The van der Waals surface area contributed by atoms with E-state index in [9.17, 15) is 9.59 Å². The fourth-order valence-electron chi connectivity index (χ4n) is 4.42. The van der Waals surface area contributed by atoms with Gasteiger partial charge in [0.15, 0.2) is 0 Å². The van der Waals surface area contributed by atoms with E-state index in [2.05, 4.69) is 12.1 Å². The van der Waals surface area contributed by atoms with Crippen LogP contribution in [0, 0.1) is 13.8 Å². The van der Waals surface area contributed by atoms with Crippen molar-refractivity contribution in [3.05, 3.63) is 73.9 Å². The van der Waals surface area contributed by atoms with Crippen molar-refractivity contribution >= 4 is 68.6 Å². The second-order valence-corrected chi connectivity index (χ2v) is 11.3. The maximum Gasteiger partial charge on any atom is 0.345 e. The van der Waals surface area contributed by atoms with Crippen LogP contribution in [0.25, 0.3) is 10.5 Å². The second-order valence-electron chi connectivity index (χ2n) is 8.60. The van der Waals surface area contributed by atoms with Crippen molar-refractivity contribution in [2.45, 2.75) is 40.2 Å². The van der Waals surface area contributed by atoms with Crippen LogP contribution in [0.15, 0.2) is 51.6 Å². The minimum atomic E-state index is -0.696. The summed E-state index contributed by atoms with van der Waals surface area (Å²) in [7, 11) is 1.40. The topological polar surface area (TPSA) is 46.6 Å². The van der Waals surface area contributed by atoms with Gasteiger partial charge < -0.3 is 9.64 Å². The summed E-state index contributed by atoms with van der Waals surface area (Å²) in [4.78, 5) is 29.4. The zero-order valence-electron chi connectivity index (χ0n) is 19.4. The number of aryl methyl sites for hydroxylation is 2. The fraction of sp³-hybridized carbons (Fsp3) is 0.269. The number of carbonyl (C=O) groups is 2. The Bertz CT molecular complexity index is 1260. The number of fused-ring (bicyclic) bond motifs is 1. The van der Waals surface area contributed by atoms with E-state index in [0.717, 1.165) is 42.7 Å². The van der Waals surface area contributed by atoms with Crippen molar-refractivity contribution in [1.29, 1.82) is 0 Å². The molecule has 0 aliphatic carbocycles. The van der Waals surface area contributed by atoms with Gasteiger partial charge in [-0.15, -0.1) is 0 Å². The average molecular weight is 496 g/mol. The molecule has 0 unspecified atom stereocenters. The lowest BCUT2D eigenvalue weighted by Gasteiger charge is -2.45. The van der Waals surface area contributed by atoms with Crippen LogP contribution in [0.1, 0.15) is 43.0 Å². The maximum absolute atomic E-state index is 12.8. The highest BCUT2D eigenvalue weighted by Crippen LogP contribution is 2.58. The molecule has 4 rings (SSSR count). The van der Waals surface area contributed by atoms with E-state index in [1.54, 1.807) is 23.6 Å². The SMILES string of the molecule is COC(=O)C1=C(c2ccccc2)S/C(=C2\C(=S)C(C)(C)N(C(C)=O)c3c(C)cc(C)cc32)S1. The summed E-state index contributed by atoms with van der Waals surface area (Å²) in [5.74, 6) is -0.418. The standard InChI is InChI=1S/C26H25NO3S3/c1-14-12-15(2)20-18(13-14)19(23(31)26(4,5)27(20)16(3)28)25-32-21(17-10-8-7-9-11-17)22(33-25)24(29)30-6/h7-13H,1-6H3/b25-19+. The van der Waals surface area contributed by atoms with Crippen LogP contribution in [-0.4, -0.2) is 29.4 Å². The van der Waals surface area contributed by atoms with Gasteiger partial charge in [-0.3, -0.25) is 4.79 Å². The molecule has 4 nitrogen and oxygen atoms in total. The molecule has 0 aromatic heterocycles. The average Bonchev–Trinajstić information content (AvgIpc) is 3.20. The highest BCUT2D eigenvalue weighted by molar-refractivity contribution is 8.32. The molecular formula is C26H25NO3S3. The summed E-state index contributed by atoms with van der Waals surface area (Å²) in [6, 6.07) is 14.0. The van der Waals surface area contributed by atoms with Crippen LogP contribution >= 0.6 is 35.7 Å². The molecule has 1 amide bonds. The van der Waals surface area contributed by atoms with Crippen LogP contribution < -0.4 is 4.90 Å². The van der Waals surface area contributed by atoms with Gasteiger partial charge in [-0.1, -0.05) is 77.7 Å². The maximum atomic E-state index is 12.8. The van der Waals surface area contributed by atoms with Crippen LogP contribution in [0.2, 0.25) is 0 Å².